The summed E-state index contributed by atoms with van der Waals surface area (Å²) in [7, 11) is 0. The van der Waals surface area contributed by atoms with Gasteiger partial charge in [-0.3, -0.25) is 4.79 Å². The third-order valence-corrected chi connectivity index (χ3v) is 4.50. The summed E-state index contributed by atoms with van der Waals surface area (Å²) in [6.45, 7) is 1.58. The van der Waals surface area contributed by atoms with Crippen LogP contribution in [0.25, 0.3) is 0 Å². The molecule has 82 valence electrons. The summed E-state index contributed by atoms with van der Waals surface area (Å²) in [5, 5.41) is 0. The van der Waals surface area contributed by atoms with Crippen LogP contribution in [-0.4, -0.2) is 5.78 Å². The van der Waals surface area contributed by atoms with E-state index in [0.29, 0.717) is 0 Å². The number of thiophene rings is 1. The van der Waals surface area contributed by atoms with Crippen LogP contribution >= 0.6 is 35.7 Å². The van der Waals surface area contributed by atoms with Gasteiger partial charge in [-0.1, -0.05) is 23.9 Å². The first-order valence-corrected chi connectivity index (χ1v) is 6.81. The number of benzene rings is 1. The lowest BCUT2D eigenvalue weighted by Gasteiger charge is -1.99. The number of hydrogen-bond acceptors (Lipinski definition) is 4. The zero-order valence-electron chi connectivity index (χ0n) is 8.64. The van der Waals surface area contributed by atoms with E-state index in [9.17, 15) is 4.79 Å². The van der Waals surface area contributed by atoms with Crippen LogP contribution in [0.3, 0.4) is 0 Å². The van der Waals surface area contributed by atoms with E-state index in [4.69, 9.17) is 0 Å². The fraction of sp³-hybridized carbons (Fsp3) is 0.0833. The smallest absolute Gasteiger partial charge is 0.159 e. The van der Waals surface area contributed by atoms with Gasteiger partial charge in [-0.2, -0.15) is 0 Å². The number of carbonyl (C=O) groups is 1. The molecule has 0 fully saturated rings. The Kier molecular flexibility index (Phi) is 3.74. The normalized spacial score (nSPS) is 10.4. The predicted octanol–water partition coefficient (Wildman–Crippen LogP) is 4.39. The van der Waals surface area contributed by atoms with Crippen LogP contribution in [0.15, 0.2) is 49.7 Å². The molecule has 0 radical (unpaired) electrons. The molecule has 2 rings (SSSR count). The van der Waals surface area contributed by atoms with E-state index in [2.05, 4.69) is 18.7 Å². The molecule has 0 saturated heterocycles. The fourth-order valence-electron chi connectivity index (χ4n) is 1.24. The maximum atomic E-state index is 11.1. The van der Waals surface area contributed by atoms with Gasteiger partial charge in [0.25, 0.3) is 0 Å². The second kappa shape index (κ2) is 5.08. The summed E-state index contributed by atoms with van der Waals surface area (Å²) in [6.07, 6.45) is 0. The van der Waals surface area contributed by atoms with Crippen LogP contribution < -0.4 is 0 Å². The number of ketones is 1. The van der Waals surface area contributed by atoms with E-state index < -0.39 is 0 Å². The van der Waals surface area contributed by atoms with Crippen LogP contribution in [0.1, 0.15) is 17.3 Å². The topological polar surface area (TPSA) is 17.1 Å². The van der Waals surface area contributed by atoms with Gasteiger partial charge in [-0.05, 0) is 31.2 Å². The molecular weight excluding hydrogens is 256 g/mol. The minimum Gasteiger partial charge on any atom is -0.295 e. The summed E-state index contributed by atoms with van der Waals surface area (Å²) < 4.78 is 2.23. The lowest BCUT2D eigenvalue weighted by molar-refractivity contribution is 0.101. The minimum absolute atomic E-state index is 0.102. The maximum absolute atomic E-state index is 11.1. The summed E-state index contributed by atoms with van der Waals surface area (Å²) in [5.74, 6) is 0.102. The number of Topliss-reactive ketones (excluding diaryl/α,β-unsaturated/α-hetero) is 1. The van der Waals surface area contributed by atoms with Crippen molar-refractivity contribution in [1.82, 2.24) is 0 Å². The molecular formula is C12H10OS3. The maximum Gasteiger partial charge on any atom is 0.159 e. The molecule has 0 bridgehead atoms. The molecule has 1 heterocycles. The first kappa shape index (κ1) is 11.8. The number of thiol groups is 1. The second-order valence-electron chi connectivity index (χ2n) is 3.28. The molecule has 16 heavy (non-hydrogen) atoms. The fourth-order valence-corrected chi connectivity index (χ4v) is 3.64. The Balaban J connectivity index is 2.14. The van der Waals surface area contributed by atoms with E-state index in [1.165, 1.54) is 4.21 Å². The molecule has 0 aliphatic heterocycles. The average molecular weight is 266 g/mol. The number of carbonyl (C=O) groups excluding carboxylic acids is 1. The summed E-state index contributed by atoms with van der Waals surface area (Å²) in [5.41, 5.74) is 0.755. The van der Waals surface area contributed by atoms with Gasteiger partial charge in [-0.25, -0.2) is 0 Å². The summed E-state index contributed by atoms with van der Waals surface area (Å²) in [6, 6.07) is 11.7. The molecule has 0 aliphatic rings. The van der Waals surface area contributed by atoms with Gasteiger partial charge in [0.05, 0.1) is 8.42 Å². The van der Waals surface area contributed by atoms with Crippen molar-refractivity contribution in [2.45, 2.75) is 20.2 Å². The Morgan fingerprint density at radius 1 is 1.19 bits per heavy atom. The standard InChI is InChI=1S/C12H10OS3/c1-8(13)9-2-4-10(5-3-9)15-12-7-6-11(14)16-12/h2-7,14H,1H3. The van der Waals surface area contributed by atoms with E-state index in [1.807, 2.05) is 30.3 Å². The van der Waals surface area contributed by atoms with Crippen LogP contribution in [0.5, 0.6) is 0 Å². The first-order valence-electron chi connectivity index (χ1n) is 4.73. The van der Waals surface area contributed by atoms with E-state index >= 15 is 0 Å². The van der Waals surface area contributed by atoms with Crippen molar-refractivity contribution in [3.05, 3.63) is 42.0 Å². The summed E-state index contributed by atoms with van der Waals surface area (Å²) in [4.78, 5) is 12.2. The highest BCUT2D eigenvalue weighted by atomic mass is 32.2. The van der Waals surface area contributed by atoms with Gasteiger partial charge in [0.2, 0.25) is 0 Å². The van der Waals surface area contributed by atoms with Crippen LogP contribution in [0.4, 0.5) is 0 Å². The Labute approximate surface area is 108 Å². The second-order valence-corrected chi connectivity index (χ2v) is 6.52. The quantitative estimate of drug-likeness (QED) is 0.655. The van der Waals surface area contributed by atoms with Gasteiger partial charge in [-0.15, -0.1) is 24.0 Å². The SMILES string of the molecule is CC(=O)c1ccc(Sc2ccc(S)s2)cc1. The Bertz CT molecular complexity index is 499. The molecule has 0 unspecified atom stereocenters. The zero-order valence-corrected chi connectivity index (χ0v) is 11.2. The Morgan fingerprint density at radius 3 is 2.38 bits per heavy atom. The van der Waals surface area contributed by atoms with Gasteiger partial charge < -0.3 is 0 Å². The molecule has 0 aliphatic carbocycles. The van der Waals surface area contributed by atoms with Crippen molar-refractivity contribution in [1.29, 1.82) is 0 Å². The first-order chi connectivity index (χ1) is 7.65. The van der Waals surface area contributed by atoms with E-state index in [1.54, 1.807) is 30.0 Å². The Hall–Kier alpha value is -0.710. The predicted molar refractivity (Wildman–Crippen MR) is 72.1 cm³/mol. The van der Waals surface area contributed by atoms with Crippen molar-refractivity contribution in [3.63, 3.8) is 0 Å². The largest absolute Gasteiger partial charge is 0.295 e. The van der Waals surface area contributed by atoms with Crippen LogP contribution in [0.2, 0.25) is 0 Å². The molecule has 0 N–H and O–H groups in total. The lowest BCUT2D eigenvalue weighted by Crippen LogP contribution is -1.89. The lowest BCUT2D eigenvalue weighted by atomic mass is 10.2. The molecule has 0 spiro atoms. The van der Waals surface area contributed by atoms with E-state index in [0.717, 1.165) is 14.7 Å². The minimum atomic E-state index is 0.102. The van der Waals surface area contributed by atoms with Gasteiger partial charge in [0.1, 0.15) is 0 Å². The van der Waals surface area contributed by atoms with Gasteiger partial charge >= 0.3 is 0 Å². The molecule has 4 heteroatoms. The van der Waals surface area contributed by atoms with E-state index in [-0.39, 0.29) is 5.78 Å². The highest BCUT2D eigenvalue weighted by Gasteiger charge is 2.02. The van der Waals surface area contributed by atoms with Crippen molar-refractivity contribution in [2.75, 3.05) is 0 Å². The highest BCUT2D eigenvalue weighted by molar-refractivity contribution is 8.01. The third-order valence-electron chi connectivity index (χ3n) is 2.05. The number of rotatable bonds is 3. The molecule has 1 aromatic heterocycles. The van der Waals surface area contributed by atoms with Crippen LogP contribution in [-0.2, 0) is 0 Å². The molecule has 1 nitrogen and oxygen atoms in total. The molecule has 0 saturated carbocycles. The third kappa shape index (κ3) is 2.90. The van der Waals surface area contributed by atoms with Crippen LogP contribution in [0, 0.1) is 0 Å². The highest BCUT2D eigenvalue weighted by Crippen LogP contribution is 2.34. The molecule has 0 amide bonds. The van der Waals surface area contributed by atoms with Crippen molar-refractivity contribution < 1.29 is 4.79 Å². The van der Waals surface area contributed by atoms with Crippen molar-refractivity contribution in [3.8, 4) is 0 Å². The Morgan fingerprint density at radius 2 is 1.88 bits per heavy atom. The zero-order chi connectivity index (χ0) is 11.5. The molecule has 1 aromatic carbocycles. The summed E-state index contributed by atoms with van der Waals surface area (Å²) >= 11 is 7.62. The monoisotopic (exact) mass is 266 g/mol. The van der Waals surface area contributed by atoms with Gasteiger partial charge in [0.15, 0.2) is 5.78 Å². The molecule has 0 atom stereocenters. The van der Waals surface area contributed by atoms with Crippen molar-refractivity contribution in [2.24, 2.45) is 0 Å². The molecule has 2 aromatic rings. The number of hydrogen-bond donors (Lipinski definition) is 1. The van der Waals surface area contributed by atoms with Gasteiger partial charge in [0, 0.05) is 10.5 Å². The average Bonchev–Trinajstić information content (AvgIpc) is 2.65. The van der Waals surface area contributed by atoms with Crippen molar-refractivity contribution >= 4 is 41.5 Å².